The average Bonchev–Trinajstić information content (AvgIpc) is 3.31. The van der Waals surface area contributed by atoms with Crippen LogP contribution in [0.15, 0.2) is 60.8 Å². The number of unbranched alkanes of at least 4 members (excludes halogenated alkanes) is 27. The summed E-state index contributed by atoms with van der Waals surface area (Å²) >= 11 is 0. The summed E-state index contributed by atoms with van der Waals surface area (Å²) < 4.78 is 30.6. The van der Waals surface area contributed by atoms with Crippen molar-refractivity contribution in [2.75, 3.05) is 40.9 Å². The highest BCUT2D eigenvalue weighted by molar-refractivity contribution is 7.47. The molecular weight excluding hydrogens is 880 g/mol. The fourth-order valence-electron chi connectivity index (χ4n) is 7.94. The normalized spacial score (nSPS) is 14.2. The molecule has 3 unspecified atom stereocenters. The van der Waals surface area contributed by atoms with Gasteiger partial charge in [0.2, 0.25) is 5.91 Å². The number of nitrogens with one attached hydrogen (secondary N) is 1. The van der Waals surface area contributed by atoms with Gasteiger partial charge in [-0.2, -0.15) is 0 Å². The van der Waals surface area contributed by atoms with Gasteiger partial charge in [-0.05, 0) is 96.0 Å². The number of quaternary nitrogens is 1. The lowest BCUT2D eigenvalue weighted by Gasteiger charge is -2.27. The second-order valence-corrected chi connectivity index (χ2v) is 21.9. The molecule has 10 heteroatoms. The molecule has 0 heterocycles. The van der Waals surface area contributed by atoms with Gasteiger partial charge in [0.05, 0.1) is 33.8 Å². The first-order valence-electron chi connectivity index (χ1n) is 28.6. The molecule has 402 valence electrons. The molecule has 0 aliphatic carbocycles. The van der Waals surface area contributed by atoms with Gasteiger partial charge >= 0.3 is 13.8 Å². The molecule has 0 aliphatic heterocycles. The minimum atomic E-state index is -4.45. The number of hydrogen-bond acceptors (Lipinski definition) is 6. The molecular formula is C59H110N2O7P+. The second-order valence-electron chi connectivity index (χ2n) is 20.5. The van der Waals surface area contributed by atoms with Crippen molar-refractivity contribution in [1.29, 1.82) is 0 Å². The zero-order valence-electron chi connectivity index (χ0n) is 45.8. The quantitative estimate of drug-likeness (QED) is 0.0205. The second kappa shape index (κ2) is 49.3. The Hall–Kier alpha value is -2.29. The van der Waals surface area contributed by atoms with Crippen LogP contribution in [0.4, 0.5) is 0 Å². The molecule has 0 aliphatic rings. The average molecular weight is 991 g/mol. The predicted molar refractivity (Wildman–Crippen MR) is 295 cm³/mol. The summed E-state index contributed by atoms with van der Waals surface area (Å²) in [6.07, 6.45) is 60.7. The van der Waals surface area contributed by atoms with Crippen LogP contribution >= 0.6 is 7.82 Å². The number of rotatable bonds is 51. The summed E-state index contributed by atoms with van der Waals surface area (Å²) in [5.41, 5.74) is 0. The summed E-state index contributed by atoms with van der Waals surface area (Å²) in [7, 11) is 1.48. The highest BCUT2D eigenvalue weighted by Crippen LogP contribution is 2.43. The number of esters is 1. The number of amides is 1. The van der Waals surface area contributed by atoms with Crippen molar-refractivity contribution in [3.8, 4) is 0 Å². The van der Waals surface area contributed by atoms with Crippen LogP contribution in [0.1, 0.15) is 252 Å². The minimum absolute atomic E-state index is 0.0339. The molecule has 0 rings (SSSR count). The van der Waals surface area contributed by atoms with Crippen LogP contribution in [0, 0.1) is 0 Å². The van der Waals surface area contributed by atoms with Crippen LogP contribution in [-0.2, 0) is 27.9 Å². The molecule has 0 fully saturated rings. The maximum Gasteiger partial charge on any atom is 0.472 e. The first-order chi connectivity index (χ1) is 33.4. The standard InChI is InChI=1S/C59H109N2O7P/c1-7-10-13-16-19-22-25-27-28-29-30-31-32-34-37-40-43-46-49-52-59(63)68-57(50-47-44-41-38-35-24-21-18-15-12-9-3)56(55-67-69(64,65)66-54-53-61(4,5)6)60-58(62)51-48-45-42-39-36-33-26-23-20-17-14-11-8-2/h19,22,27-28,30-31,33,36,47,50,56-57H,7-18,20-21,23-26,29,32,34-35,37-46,48-49,51-55H2,1-6H3,(H-,60,62,64,65)/p+1/b22-19-,28-27-,31-30-,36-33-,50-47-. The maximum absolute atomic E-state index is 13.5. The number of carbonyl (C=O) groups is 2. The summed E-state index contributed by atoms with van der Waals surface area (Å²) in [5.74, 6) is -0.539. The Morgan fingerprint density at radius 1 is 0.507 bits per heavy atom. The Labute approximate surface area is 426 Å². The molecule has 0 saturated heterocycles. The Morgan fingerprint density at radius 2 is 0.884 bits per heavy atom. The lowest BCUT2D eigenvalue weighted by atomic mass is 10.1. The molecule has 9 nitrogen and oxygen atoms in total. The molecule has 0 bridgehead atoms. The summed E-state index contributed by atoms with van der Waals surface area (Å²) in [5, 5.41) is 3.03. The molecule has 0 radical (unpaired) electrons. The zero-order chi connectivity index (χ0) is 50.8. The van der Waals surface area contributed by atoms with Gasteiger partial charge in [0.25, 0.3) is 0 Å². The van der Waals surface area contributed by atoms with Crippen LogP contribution < -0.4 is 5.32 Å². The van der Waals surface area contributed by atoms with E-state index < -0.39 is 20.0 Å². The van der Waals surface area contributed by atoms with Gasteiger partial charge in [-0.25, -0.2) is 4.57 Å². The number of phosphoric ester groups is 1. The lowest BCUT2D eigenvalue weighted by molar-refractivity contribution is -0.870. The van der Waals surface area contributed by atoms with Crippen molar-refractivity contribution < 1.29 is 37.3 Å². The lowest BCUT2D eigenvalue weighted by Crippen LogP contribution is -2.47. The number of allylic oxidation sites excluding steroid dienone is 9. The molecule has 0 aromatic rings. The van der Waals surface area contributed by atoms with Crippen molar-refractivity contribution in [3.63, 3.8) is 0 Å². The largest absolute Gasteiger partial charge is 0.472 e. The first kappa shape index (κ1) is 66.7. The van der Waals surface area contributed by atoms with E-state index in [4.69, 9.17) is 13.8 Å². The van der Waals surface area contributed by atoms with Crippen LogP contribution in [0.25, 0.3) is 0 Å². The summed E-state index contributed by atoms with van der Waals surface area (Å²) in [4.78, 5) is 37.5. The maximum atomic E-state index is 13.5. The Morgan fingerprint density at radius 3 is 1.38 bits per heavy atom. The van der Waals surface area contributed by atoms with Crippen molar-refractivity contribution in [3.05, 3.63) is 60.8 Å². The fraction of sp³-hybridized carbons (Fsp3) is 0.797. The third-order valence-electron chi connectivity index (χ3n) is 12.4. The van der Waals surface area contributed by atoms with E-state index in [1.54, 1.807) is 0 Å². The molecule has 1 amide bonds. The number of likely N-dealkylation sites (N-methyl/N-ethyl adjacent to an activating group) is 1. The van der Waals surface area contributed by atoms with E-state index in [1.165, 1.54) is 122 Å². The van der Waals surface area contributed by atoms with Crippen LogP contribution in [0.2, 0.25) is 0 Å². The topological polar surface area (TPSA) is 111 Å². The van der Waals surface area contributed by atoms with E-state index >= 15 is 0 Å². The Kier molecular flexibility index (Phi) is 47.7. The van der Waals surface area contributed by atoms with Crippen LogP contribution in [0.3, 0.4) is 0 Å². The number of phosphoric acid groups is 1. The SMILES string of the molecule is CCCCC/C=C\C/C=C\C/C=C\CCCCCCCCC(=O)OC(/C=C\CCCCCCCCCCC)C(COP(=O)(O)OCC[N+](C)(C)C)NC(=O)CCCCC/C=C\CCCCCCCC. The third-order valence-corrected chi connectivity index (χ3v) is 13.4. The van der Waals surface area contributed by atoms with Crippen molar-refractivity contribution in [2.24, 2.45) is 0 Å². The van der Waals surface area contributed by atoms with Gasteiger partial charge < -0.3 is 19.4 Å². The third kappa shape index (κ3) is 50.4. The predicted octanol–water partition coefficient (Wildman–Crippen LogP) is 17.1. The van der Waals surface area contributed by atoms with Crippen molar-refractivity contribution in [1.82, 2.24) is 5.32 Å². The Bertz CT molecular complexity index is 1370. The zero-order valence-corrected chi connectivity index (χ0v) is 46.7. The van der Waals surface area contributed by atoms with E-state index in [-0.39, 0.29) is 31.5 Å². The van der Waals surface area contributed by atoms with Crippen LogP contribution in [0.5, 0.6) is 0 Å². The number of carbonyl (C=O) groups excluding carboxylic acids is 2. The van der Waals surface area contributed by atoms with E-state index in [1.807, 2.05) is 33.3 Å². The fourth-order valence-corrected chi connectivity index (χ4v) is 8.68. The monoisotopic (exact) mass is 990 g/mol. The van der Waals surface area contributed by atoms with Gasteiger partial charge in [-0.15, -0.1) is 0 Å². The van der Waals surface area contributed by atoms with Gasteiger partial charge in [-0.1, -0.05) is 204 Å². The van der Waals surface area contributed by atoms with Gasteiger partial charge in [-0.3, -0.25) is 18.6 Å². The highest BCUT2D eigenvalue weighted by Gasteiger charge is 2.30. The minimum Gasteiger partial charge on any atom is -0.456 e. The molecule has 3 atom stereocenters. The molecule has 0 spiro atoms. The smallest absolute Gasteiger partial charge is 0.456 e. The van der Waals surface area contributed by atoms with E-state index in [0.29, 0.717) is 17.4 Å². The molecule has 69 heavy (non-hydrogen) atoms. The van der Waals surface area contributed by atoms with Crippen molar-refractivity contribution >= 4 is 19.7 Å². The van der Waals surface area contributed by atoms with Gasteiger partial charge in [0.15, 0.2) is 0 Å². The van der Waals surface area contributed by atoms with E-state index in [2.05, 4.69) is 74.7 Å². The van der Waals surface area contributed by atoms with Gasteiger partial charge in [0, 0.05) is 12.8 Å². The molecule has 0 aromatic heterocycles. The van der Waals surface area contributed by atoms with Crippen molar-refractivity contribution in [2.45, 2.75) is 264 Å². The highest BCUT2D eigenvalue weighted by atomic mass is 31.2. The van der Waals surface area contributed by atoms with Gasteiger partial charge in [0.1, 0.15) is 19.3 Å². The molecule has 2 N–H and O–H groups in total. The molecule has 0 aromatic carbocycles. The van der Waals surface area contributed by atoms with E-state index in [9.17, 15) is 19.0 Å². The number of ether oxygens (including phenoxy) is 1. The van der Waals surface area contributed by atoms with E-state index in [0.717, 1.165) is 96.3 Å². The number of hydrogen-bond donors (Lipinski definition) is 2. The summed E-state index contributed by atoms with van der Waals surface area (Å²) in [6.45, 7) is 6.94. The first-order valence-corrected chi connectivity index (χ1v) is 30.1. The molecule has 0 saturated carbocycles. The van der Waals surface area contributed by atoms with Crippen LogP contribution in [-0.4, -0.2) is 74.3 Å². The summed E-state index contributed by atoms with van der Waals surface area (Å²) in [6, 6.07) is -0.861. The number of nitrogens with zero attached hydrogens (tertiary/aromatic N) is 1. The Balaban J connectivity index is 5.34.